The summed E-state index contributed by atoms with van der Waals surface area (Å²) in [7, 11) is 0. The quantitative estimate of drug-likeness (QED) is 0.819. The van der Waals surface area contributed by atoms with E-state index in [1.807, 2.05) is 47.9 Å². The zero-order valence-corrected chi connectivity index (χ0v) is 17.1. The lowest BCUT2D eigenvalue weighted by molar-refractivity contribution is -0.131. The van der Waals surface area contributed by atoms with Crippen LogP contribution >= 0.6 is 0 Å². The van der Waals surface area contributed by atoms with Gasteiger partial charge in [-0.2, -0.15) is 5.10 Å². The summed E-state index contributed by atoms with van der Waals surface area (Å²) in [6.45, 7) is 10.1. The van der Waals surface area contributed by atoms with Crippen molar-refractivity contribution in [1.82, 2.24) is 14.7 Å². The number of hydrogen-bond acceptors (Lipinski definition) is 3. The number of amides is 2. The second kappa shape index (κ2) is 6.76. The van der Waals surface area contributed by atoms with Gasteiger partial charge in [-0.15, -0.1) is 0 Å². The Labute approximate surface area is 166 Å². The standard InChI is InChI=1S/C22H28N4O2/c1-15(2)12-25-19-8-6-5-7-18(19)22(21(25)28)9-10-24(14-22)20(27)13-26-17(4)11-16(3)23-26/h5-8,11,15H,9-10,12-14H2,1-4H3. The number of hydrogen-bond donors (Lipinski definition) is 0. The van der Waals surface area contributed by atoms with E-state index in [9.17, 15) is 9.59 Å². The minimum Gasteiger partial charge on any atom is -0.340 e. The normalized spacial score (nSPS) is 21.2. The van der Waals surface area contributed by atoms with Crippen molar-refractivity contribution in [3.63, 3.8) is 0 Å². The molecule has 2 amide bonds. The van der Waals surface area contributed by atoms with Crippen LogP contribution in [-0.4, -0.2) is 46.1 Å². The predicted octanol–water partition coefficient (Wildman–Crippen LogP) is 2.67. The van der Waals surface area contributed by atoms with Gasteiger partial charge in [0.2, 0.25) is 11.8 Å². The summed E-state index contributed by atoms with van der Waals surface area (Å²) in [6, 6.07) is 10.0. The van der Waals surface area contributed by atoms with Crippen LogP contribution < -0.4 is 4.90 Å². The number of para-hydroxylation sites is 1. The Hall–Kier alpha value is -2.63. The van der Waals surface area contributed by atoms with E-state index in [0.717, 1.165) is 22.6 Å². The highest BCUT2D eigenvalue weighted by molar-refractivity contribution is 6.09. The van der Waals surface area contributed by atoms with Crippen LogP contribution in [0.15, 0.2) is 30.3 Å². The number of fused-ring (bicyclic) bond motifs is 2. The van der Waals surface area contributed by atoms with E-state index < -0.39 is 5.41 Å². The molecule has 148 valence electrons. The van der Waals surface area contributed by atoms with E-state index in [1.165, 1.54) is 0 Å². The fraction of sp³-hybridized carbons (Fsp3) is 0.500. The Bertz CT molecular complexity index is 932. The average Bonchev–Trinajstić information content (AvgIpc) is 3.29. The third-order valence-corrected chi connectivity index (χ3v) is 5.92. The zero-order chi connectivity index (χ0) is 20.1. The first-order valence-electron chi connectivity index (χ1n) is 10.0. The average molecular weight is 380 g/mol. The van der Waals surface area contributed by atoms with E-state index >= 15 is 0 Å². The Morgan fingerprint density at radius 3 is 2.68 bits per heavy atom. The summed E-state index contributed by atoms with van der Waals surface area (Å²) in [5.74, 6) is 0.553. The first-order chi connectivity index (χ1) is 13.3. The maximum absolute atomic E-state index is 13.5. The Morgan fingerprint density at radius 1 is 1.25 bits per heavy atom. The highest BCUT2D eigenvalue weighted by atomic mass is 16.2. The van der Waals surface area contributed by atoms with E-state index in [0.29, 0.717) is 32.0 Å². The van der Waals surface area contributed by atoms with Gasteiger partial charge in [0.1, 0.15) is 6.54 Å². The Balaban J connectivity index is 1.59. The molecule has 0 saturated carbocycles. The number of carbonyl (C=O) groups excluding carboxylic acids is 2. The van der Waals surface area contributed by atoms with E-state index in [2.05, 4.69) is 25.0 Å². The Morgan fingerprint density at radius 2 is 2.00 bits per heavy atom. The molecule has 6 heteroatoms. The van der Waals surface area contributed by atoms with Gasteiger partial charge in [0.25, 0.3) is 0 Å². The molecule has 0 bridgehead atoms. The summed E-state index contributed by atoms with van der Waals surface area (Å²) in [4.78, 5) is 30.2. The number of carbonyl (C=O) groups is 2. The molecule has 1 atom stereocenters. The molecule has 1 spiro atoms. The van der Waals surface area contributed by atoms with Crippen molar-refractivity contribution in [2.45, 2.75) is 46.1 Å². The molecule has 1 fully saturated rings. The molecule has 1 aromatic heterocycles. The molecule has 0 aliphatic carbocycles. The summed E-state index contributed by atoms with van der Waals surface area (Å²) >= 11 is 0. The van der Waals surface area contributed by atoms with Gasteiger partial charge in [0, 0.05) is 31.0 Å². The van der Waals surface area contributed by atoms with Crippen LogP contribution in [0.5, 0.6) is 0 Å². The molecule has 2 aromatic rings. The molecular formula is C22H28N4O2. The van der Waals surface area contributed by atoms with E-state index in [1.54, 1.807) is 4.68 Å². The molecule has 4 rings (SSSR count). The zero-order valence-electron chi connectivity index (χ0n) is 17.1. The van der Waals surface area contributed by atoms with Crippen molar-refractivity contribution in [3.05, 3.63) is 47.3 Å². The number of likely N-dealkylation sites (tertiary alicyclic amines) is 1. The number of aromatic nitrogens is 2. The summed E-state index contributed by atoms with van der Waals surface area (Å²) in [5, 5.41) is 4.40. The van der Waals surface area contributed by atoms with Crippen molar-refractivity contribution in [1.29, 1.82) is 0 Å². The molecule has 0 radical (unpaired) electrons. The smallest absolute Gasteiger partial charge is 0.244 e. The molecule has 0 N–H and O–H groups in total. The summed E-state index contributed by atoms with van der Waals surface area (Å²) < 4.78 is 1.75. The van der Waals surface area contributed by atoms with Crippen LogP contribution in [0.25, 0.3) is 0 Å². The molecule has 1 saturated heterocycles. The van der Waals surface area contributed by atoms with Crippen LogP contribution in [0.1, 0.15) is 37.2 Å². The topological polar surface area (TPSA) is 58.4 Å². The van der Waals surface area contributed by atoms with Gasteiger partial charge < -0.3 is 9.80 Å². The lowest BCUT2D eigenvalue weighted by Gasteiger charge is -2.25. The third kappa shape index (κ3) is 2.91. The maximum Gasteiger partial charge on any atom is 0.244 e. The maximum atomic E-state index is 13.5. The minimum atomic E-state index is -0.601. The van der Waals surface area contributed by atoms with Crippen molar-refractivity contribution < 1.29 is 9.59 Å². The fourth-order valence-corrected chi connectivity index (χ4v) is 4.62. The molecule has 28 heavy (non-hydrogen) atoms. The fourth-order valence-electron chi connectivity index (χ4n) is 4.62. The lowest BCUT2D eigenvalue weighted by Crippen LogP contribution is -2.44. The highest BCUT2D eigenvalue weighted by Gasteiger charge is 2.54. The molecule has 2 aliphatic heterocycles. The van der Waals surface area contributed by atoms with Gasteiger partial charge in [-0.05, 0) is 43.9 Å². The SMILES string of the molecule is Cc1cc(C)n(CC(=O)N2CCC3(C2)C(=O)N(CC(C)C)c2ccccc23)n1. The van der Waals surface area contributed by atoms with E-state index in [-0.39, 0.29) is 18.4 Å². The van der Waals surface area contributed by atoms with Crippen LogP contribution in [-0.2, 0) is 21.5 Å². The van der Waals surface area contributed by atoms with Crippen molar-refractivity contribution in [2.75, 3.05) is 24.5 Å². The molecule has 1 unspecified atom stereocenters. The first-order valence-corrected chi connectivity index (χ1v) is 10.0. The van der Waals surface area contributed by atoms with Crippen LogP contribution in [0.4, 0.5) is 5.69 Å². The number of benzene rings is 1. The molecule has 2 aliphatic rings. The van der Waals surface area contributed by atoms with Gasteiger partial charge in [-0.1, -0.05) is 32.0 Å². The monoisotopic (exact) mass is 380 g/mol. The molecule has 3 heterocycles. The number of anilines is 1. The van der Waals surface area contributed by atoms with Crippen LogP contribution in [0, 0.1) is 19.8 Å². The minimum absolute atomic E-state index is 0.0238. The van der Waals surface area contributed by atoms with Crippen molar-refractivity contribution >= 4 is 17.5 Å². The van der Waals surface area contributed by atoms with Gasteiger partial charge in [-0.25, -0.2) is 0 Å². The van der Waals surface area contributed by atoms with Gasteiger partial charge in [-0.3, -0.25) is 14.3 Å². The highest BCUT2D eigenvalue weighted by Crippen LogP contribution is 2.47. The number of aryl methyl sites for hydroxylation is 2. The van der Waals surface area contributed by atoms with Crippen LogP contribution in [0.3, 0.4) is 0 Å². The summed E-state index contributed by atoms with van der Waals surface area (Å²) in [5.41, 5.74) is 3.37. The number of rotatable bonds is 4. The second-order valence-electron chi connectivity index (χ2n) is 8.56. The molecular weight excluding hydrogens is 352 g/mol. The van der Waals surface area contributed by atoms with Gasteiger partial charge >= 0.3 is 0 Å². The predicted molar refractivity (Wildman–Crippen MR) is 108 cm³/mol. The second-order valence-corrected chi connectivity index (χ2v) is 8.56. The van der Waals surface area contributed by atoms with Crippen molar-refractivity contribution in [2.24, 2.45) is 5.92 Å². The summed E-state index contributed by atoms with van der Waals surface area (Å²) in [6.07, 6.45) is 0.681. The molecule has 6 nitrogen and oxygen atoms in total. The van der Waals surface area contributed by atoms with Crippen LogP contribution in [0.2, 0.25) is 0 Å². The Kier molecular flexibility index (Phi) is 4.52. The largest absolute Gasteiger partial charge is 0.340 e. The number of nitrogens with zero attached hydrogens (tertiary/aromatic N) is 4. The third-order valence-electron chi connectivity index (χ3n) is 5.92. The van der Waals surface area contributed by atoms with Crippen molar-refractivity contribution in [3.8, 4) is 0 Å². The van der Waals surface area contributed by atoms with E-state index in [4.69, 9.17) is 0 Å². The van der Waals surface area contributed by atoms with Gasteiger partial charge in [0.15, 0.2) is 0 Å². The molecule has 1 aromatic carbocycles. The van der Waals surface area contributed by atoms with Gasteiger partial charge in [0.05, 0.1) is 11.1 Å². The first kappa shape index (κ1) is 18.7. The lowest BCUT2D eigenvalue weighted by atomic mass is 9.81.